The highest BCUT2D eigenvalue weighted by molar-refractivity contribution is 5.51. The molecule has 0 bridgehead atoms. The van der Waals surface area contributed by atoms with Gasteiger partial charge in [0.2, 0.25) is 0 Å². The van der Waals surface area contributed by atoms with Crippen LogP contribution in [0.3, 0.4) is 0 Å². The van der Waals surface area contributed by atoms with Crippen molar-refractivity contribution in [1.29, 1.82) is 5.26 Å². The second kappa shape index (κ2) is 4.24. The van der Waals surface area contributed by atoms with Crippen LogP contribution >= 0.6 is 0 Å². The summed E-state index contributed by atoms with van der Waals surface area (Å²) < 4.78 is 0. The predicted molar refractivity (Wildman–Crippen MR) is 49.6 cm³/mol. The van der Waals surface area contributed by atoms with Crippen molar-refractivity contribution in [3.63, 3.8) is 0 Å². The van der Waals surface area contributed by atoms with Crippen LogP contribution in [0.2, 0.25) is 0 Å². The summed E-state index contributed by atoms with van der Waals surface area (Å²) in [5, 5.41) is 11.4. The van der Waals surface area contributed by atoms with Gasteiger partial charge in [-0.2, -0.15) is 5.26 Å². The largest absolute Gasteiger partial charge is 0.399 e. The van der Waals surface area contributed by atoms with Crippen LogP contribution in [0.5, 0.6) is 0 Å². The SMILES string of the molecule is N#CCCNc1ccc(N)cc1. The van der Waals surface area contributed by atoms with Crippen LogP contribution in [0, 0.1) is 11.3 Å². The number of nitrogens with zero attached hydrogens (tertiary/aromatic N) is 1. The quantitative estimate of drug-likeness (QED) is 0.522. The first-order chi connectivity index (χ1) is 5.83. The molecule has 3 N–H and O–H groups in total. The van der Waals surface area contributed by atoms with Crippen LogP contribution in [-0.2, 0) is 0 Å². The van der Waals surface area contributed by atoms with Gasteiger partial charge in [0.05, 0.1) is 12.5 Å². The van der Waals surface area contributed by atoms with Gasteiger partial charge in [-0.3, -0.25) is 0 Å². The van der Waals surface area contributed by atoms with Crippen LogP contribution in [0.1, 0.15) is 6.42 Å². The van der Waals surface area contributed by atoms with Gasteiger partial charge in [-0.15, -0.1) is 0 Å². The standard InChI is InChI=1S/C9H11N3/c10-6-1-7-12-9-4-2-8(11)3-5-9/h2-5,12H,1,7,11H2. The molecule has 0 aliphatic rings. The van der Waals surface area contributed by atoms with Crippen LogP contribution in [0.25, 0.3) is 0 Å². The monoisotopic (exact) mass is 161 g/mol. The molecular weight excluding hydrogens is 150 g/mol. The Morgan fingerprint density at radius 3 is 2.58 bits per heavy atom. The van der Waals surface area contributed by atoms with E-state index < -0.39 is 0 Å². The van der Waals surface area contributed by atoms with Gasteiger partial charge < -0.3 is 11.1 Å². The van der Waals surface area contributed by atoms with Gasteiger partial charge in [0.25, 0.3) is 0 Å². The van der Waals surface area contributed by atoms with Gasteiger partial charge in [-0.05, 0) is 24.3 Å². The van der Waals surface area contributed by atoms with Crippen molar-refractivity contribution in [3.05, 3.63) is 24.3 Å². The lowest BCUT2D eigenvalue weighted by Crippen LogP contribution is -1.99. The lowest BCUT2D eigenvalue weighted by Gasteiger charge is -2.02. The smallest absolute Gasteiger partial charge is 0.0640 e. The number of hydrogen-bond acceptors (Lipinski definition) is 3. The van der Waals surface area contributed by atoms with E-state index in [1.54, 1.807) is 0 Å². The Morgan fingerprint density at radius 1 is 1.33 bits per heavy atom. The Bertz CT molecular complexity index is 271. The number of nitrogens with one attached hydrogen (secondary N) is 1. The summed E-state index contributed by atoms with van der Waals surface area (Å²) in [6.07, 6.45) is 0.518. The van der Waals surface area contributed by atoms with E-state index >= 15 is 0 Å². The number of benzene rings is 1. The molecule has 0 aliphatic heterocycles. The van der Waals surface area contributed by atoms with E-state index in [1.807, 2.05) is 24.3 Å². The molecule has 12 heavy (non-hydrogen) atoms. The van der Waals surface area contributed by atoms with Crippen LogP contribution in [0.15, 0.2) is 24.3 Å². The van der Waals surface area contributed by atoms with Gasteiger partial charge in [-0.1, -0.05) is 0 Å². The summed E-state index contributed by atoms with van der Waals surface area (Å²) in [6.45, 7) is 0.681. The average Bonchev–Trinajstić information content (AvgIpc) is 2.09. The van der Waals surface area contributed by atoms with Crippen molar-refractivity contribution in [2.75, 3.05) is 17.6 Å². The zero-order valence-electron chi connectivity index (χ0n) is 6.75. The number of nitriles is 1. The van der Waals surface area contributed by atoms with E-state index in [0.29, 0.717) is 13.0 Å². The third-order valence-corrected chi connectivity index (χ3v) is 1.48. The minimum atomic E-state index is 0.518. The Hall–Kier alpha value is -1.69. The van der Waals surface area contributed by atoms with Gasteiger partial charge in [0.15, 0.2) is 0 Å². The minimum absolute atomic E-state index is 0.518. The fraction of sp³-hybridized carbons (Fsp3) is 0.222. The number of hydrogen-bond donors (Lipinski definition) is 2. The molecule has 0 unspecified atom stereocenters. The van der Waals surface area contributed by atoms with Crippen molar-refractivity contribution in [2.45, 2.75) is 6.42 Å². The van der Waals surface area contributed by atoms with Crippen molar-refractivity contribution < 1.29 is 0 Å². The van der Waals surface area contributed by atoms with Gasteiger partial charge in [0.1, 0.15) is 0 Å². The number of nitrogens with two attached hydrogens (primary N) is 1. The maximum absolute atomic E-state index is 8.28. The van der Waals surface area contributed by atoms with Gasteiger partial charge in [0, 0.05) is 17.9 Å². The summed E-state index contributed by atoms with van der Waals surface area (Å²) in [6, 6.07) is 9.51. The van der Waals surface area contributed by atoms with E-state index in [1.165, 1.54) is 0 Å². The second-order valence-electron chi connectivity index (χ2n) is 2.46. The number of rotatable bonds is 3. The highest BCUT2D eigenvalue weighted by atomic mass is 14.9. The van der Waals surface area contributed by atoms with E-state index in [0.717, 1.165) is 11.4 Å². The number of anilines is 2. The van der Waals surface area contributed by atoms with E-state index in [4.69, 9.17) is 11.0 Å². The molecule has 0 atom stereocenters. The molecule has 1 aromatic carbocycles. The lowest BCUT2D eigenvalue weighted by molar-refractivity contribution is 1.08. The van der Waals surface area contributed by atoms with Crippen molar-refractivity contribution in [1.82, 2.24) is 0 Å². The van der Waals surface area contributed by atoms with Crippen molar-refractivity contribution in [3.8, 4) is 6.07 Å². The maximum Gasteiger partial charge on any atom is 0.0640 e. The Kier molecular flexibility index (Phi) is 2.97. The first-order valence-electron chi connectivity index (χ1n) is 3.79. The minimum Gasteiger partial charge on any atom is -0.399 e. The van der Waals surface area contributed by atoms with E-state index in [2.05, 4.69) is 11.4 Å². The molecule has 0 aromatic heterocycles. The highest BCUT2D eigenvalue weighted by Crippen LogP contribution is 2.09. The summed E-state index contributed by atoms with van der Waals surface area (Å²) in [7, 11) is 0. The second-order valence-corrected chi connectivity index (χ2v) is 2.46. The van der Waals surface area contributed by atoms with E-state index in [9.17, 15) is 0 Å². The fourth-order valence-electron chi connectivity index (χ4n) is 0.864. The van der Waals surface area contributed by atoms with Crippen molar-refractivity contribution in [2.24, 2.45) is 0 Å². The summed E-state index contributed by atoms with van der Waals surface area (Å²) in [5.74, 6) is 0. The van der Waals surface area contributed by atoms with Crippen LogP contribution in [-0.4, -0.2) is 6.54 Å². The zero-order chi connectivity index (χ0) is 8.81. The third kappa shape index (κ3) is 2.51. The van der Waals surface area contributed by atoms with Crippen LogP contribution in [0.4, 0.5) is 11.4 Å². The molecule has 1 rings (SSSR count). The highest BCUT2D eigenvalue weighted by Gasteiger charge is 1.89. The lowest BCUT2D eigenvalue weighted by atomic mass is 10.3. The molecule has 3 heteroatoms. The maximum atomic E-state index is 8.28. The molecule has 0 heterocycles. The van der Waals surface area contributed by atoms with Crippen molar-refractivity contribution >= 4 is 11.4 Å². The first kappa shape index (κ1) is 8.41. The Balaban J connectivity index is 2.43. The summed E-state index contributed by atoms with van der Waals surface area (Å²) in [4.78, 5) is 0. The van der Waals surface area contributed by atoms with Crippen LogP contribution < -0.4 is 11.1 Å². The molecule has 0 saturated heterocycles. The van der Waals surface area contributed by atoms with Gasteiger partial charge >= 0.3 is 0 Å². The molecule has 62 valence electrons. The average molecular weight is 161 g/mol. The molecule has 0 spiro atoms. The summed E-state index contributed by atoms with van der Waals surface area (Å²) >= 11 is 0. The molecular formula is C9H11N3. The molecule has 0 radical (unpaired) electrons. The van der Waals surface area contributed by atoms with E-state index in [-0.39, 0.29) is 0 Å². The zero-order valence-corrected chi connectivity index (χ0v) is 6.75. The molecule has 3 nitrogen and oxygen atoms in total. The first-order valence-corrected chi connectivity index (χ1v) is 3.79. The number of nitrogen functional groups attached to an aromatic ring is 1. The molecule has 1 aromatic rings. The Labute approximate surface area is 71.8 Å². The normalized spacial score (nSPS) is 8.92. The fourth-order valence-corrected chi connectivity index (χ4v) is 0.864. The molecule has 0 fully saturated rings. The molecule has 0 saturated carbocycles. The molecule has 0 amide bonds. The third-order valence-electron chi connectivity index (χ3n) is 1.48. The Morgan fingerprint density at radius 2 is 2.00 bits per heavy atom. The summed E-state index contributed by atoms with van der Waals surface area (Å²) in [5.41, 5.74) is 7.25. The van der Waals surface area contributed by atoms with Gasteiger partial charge in [-0.25, -0.2) is 0 Å². The molecule has 0 aliphatic carbocycles. The predicted octanol–water partition coefficient (Wildman–Crippen LogP) is 1.59. The topological polar surface area (TPSA) is 61.8 Å².